The predicted octanol–water partition coefficient (Wildman–Crippen LogP) is 2.56. The molecular formula is C16H21N3. The average Bonchev–Trinajstić information content (AvgIpc) is 2.48. The quantitative estimate of drug-likeness (QED) is 0.862. The van der Waals surface area contributed by atoms with Crippen molar-refractivity contribution in [3.63, 3.8) is 0 Å². The van der Waals surface area contributed by atoms with E-state index in [1.165, 1.54) is 16.7 Å². The van der Waals surface area contributed by atoms with Crippen molar-refractivity contribution in [1.29, 1.82) is 0 Å². The highest BCUT2D eigenvalue weighted by molar-refractivity contribution is 5.27. The Morgan fingerprint density at radius 2 is 1.68 bits per heavy atom. The molecule has 0 atom stereocenters. The Balaban J connectivity index is 2.07. The van der Waals surface area contributed by atoms with Gasteiger partial charge < -0.3 is 5.73 Å². The second-order valence-corrected chi connectivity index (χ2v) is 4.63. The van der Waals surface area contributed by atoms with E-state index in [1.807, 2.05) is 18.5 Å². The van der Waals surface area contributed by atoms with Gasteiger partial charge in [0.15, 0.2) is 0 Å². The Labute approximate surface area is 115 Å². The molecule has 2 N–H and O–H groups in total. The van der Waals surface area contributed by atoms with Crippen molar-refractivity contribution in [2.75, 3.05) is 6.54 Å². The summed E-state index contributed by atoms with van der Waals surface area (Å²) in [5.41, 5.74) is 9.64. The van der Waals surface area contributed by atoms with Gasteiger partial charge in [0.1, 0.15) is 0 Å². The smallest absolute Gasteiger partial charge is 0.0271 e. The van der Waals surface area contributed by atoms with Crippen LogP contribution in [0.1, 0.15) is 23.6 Å². The molecule has 0 saturated carbocycles. The Morgan fingerprint density at radius 1 is 1.00 bits per heavy atom. The first-order chi connectivity index (χ1) is 9.33. The van der Waals surface area contributed by atoms with Crippen molar-refractivity contribution in [3.8, 4) is 0 Å². The number of hydrogen-bond donors (Lipinski definition) is 1. The Bertz CT molecular complexity index is 496. The third-order valence-corrected chi connectivity index (χ3v) is 3.34. The summed E-state index contributed by atoms with van der Waals surface area (Å²) in [6, 6.07) is 12.5. The van der Waals surface area contributed by atoms with Crippen LogP contribution >= 0.6 is 0 Å². The van der Waals surface area contributed by atoms with Crippen molar-refractivity contribution < 1.29 is 0 Å². The second-order valence-electron chi connectivity index (χ2n) is 4.63. The van der Waals surface area contributed by atoms with Crippen molar-refractivity contribution in [1.82, 2.24) is 9.88 Å². The van der Waals surface area contributed by atoms with Crippen molar-refractivity contribution in [2.24, 2.45) is 5.73 Å². The van der Waals surface area contributed by atoms with Crippen LogP contribution in [0.3, 0.4) is 0 Å². The van der Waals surface area contributed by atoms with E-state index in [0.717, 1.165) is 19.6 Å². The maximum atomic E-state index is 5.79. The van der Waals surface area contributed by atoms with E-state index in [1.54, 1.807) is 0 Å². The fraction of sp³-hybridized carbons (Fsp3) is 0.312. The van der Waals surface area contributed by atoms with E-state index in [-0.39, 0.29) is 0 Å². The summed E-state index contributed by atoms with van der Waals surface area (Å²) in [4.78, 5) is 6.46. The van der Waals surface area contributed by atoms with Crippen LogP contribution in [-0.2, 0) is 19.6 Å². The van der Waals surface area contributed by atoms with Crippen LogP contribution in [-0.4, -0.2) is 16.4 Å². The molecule has 0 bridgehead atoms. The van der Waals surface area contributed by atoms with Crippen LogP contribution in [0.2, 0.25) is 0 Å². The minimum Gasteiger partial charge on any atom is -0.326 e. The fourth-order valence-electron chi connectivity index (χ4n) is 2.18. The lowest BCUT2D eigenvalue weighted by Gasteiger charge is -2.22. The predicted molar refractivity (Wildman–Crippen MR) is 78.4 cm³/mol. The zero-order valence-corrected chi connectivity index (χ0v) is 11.4. The van der Waals surface area contributed by atoms with Crippen LogP contribution in [0.25, 0.3) is 0 Å². The highest BCUT2D eigenvalue weighted by Gasteiger charge is 2.07. The van der Waals surface area contributed by atoms with Gasteiger partial charge in [-0.15, -0.1) is 0 Å². The molecule has 0 fully saturated rings. The molecule has 100 valence electrons. The van der Waals surface area contributed by atoms with Crippen LogP contribution in [0.4, 0.5) is 0 Å². The van der Waals surface area contributed by atoms with Gasteiger partial charge in [0, 0.05) is 32.0 Å². The Kier molecular flexibility index (Phi) is 5.07. The van der Waals surface area contributed by atoms with Gasteiger partial charge in [-0.3, -0.25) is 9.88 Å². The molecule has 1 heterocycles. The molecule has 0 aliphatic heterocycles. The van der Waals surface area contributed by atoms with E-state index in [4.69, 9.17) is 5.73 Å². The van der Waals surface area contributed by atoms with Gasteiger partial charge in [0.05, 0.1) is 0 Å². The van der Waals surface area contributed by atoms with Gasteiger partial charge in [0.25, 0.3) is 0 Å². The van der Waals surface area contributed by atoms with Crippen LogP contribution in [0.15, 0.2) is 48.8 Å². The summed E-state index contributed by atoms with van der Waals surface area (Å²) >= 11 is 0. The summed E-state index contributed by atoms with van der Waals surface area (Å²) < 4.78 is 0. The number of nitrogens with two attached hydrogens (primary N) is 1. The van der Waals surface area contributed by atoms with Gasteiger partial charge in [-0.05, 0) is 35.4 Å². The molecule has 3 nitrogen and oxygen atoms in total. The summed E-state index contributed by atoms with van der Waals surface area (Å²) in [7, 11) is 0. The maximum Gasteiger partial charge on any atom is 0.0271 e. The van der Waals surface area contributed by atoms with E-state index >= 15 is 0 Å². The van der Waals surface area contributed by atoms with Crippen molar-refractivity contribution in [3.05, 3.63) is 65.5 Å². The lowest BCUT2D eigenvalue weighted by molar-refractivity contribution is 0.270. The van der Waals surface area contributed by atoms with Gasteiger partial charge in [0.2, 0.25) is 0 Å². The largest absolute Gasteiger partial charge is 0.326 e. The first-order valence-corrected chi connectivity index (χ1v) is 6.71. The lowest BCUT2D eigenvalue weighted by Crippen LogP contribution is -2.23. The van der Waals surface area contributed by atoms with E-state index in [0.29, 0.717) is 6.54 Å². The van der Waals surface area contributed by atoms with Gasteiger partial charge in [-0.2, -0.15) is 0 Å². The standard InChI is InChI=1S/C16H21N3/c1-2-19(12-14-7-9-18-10-8-14)13-16-6-4-3-5-15(16)11-17/h3-10H,2,11-13,17H2,1H3. The number of aromatic nitrogens is 1. The van der Waals surface area contributed by atoms with Crippen LogP contribution in [0, 0.1) is 0 Å². The van der Waals surface area contributed by atoms with Crippen LogP contribution in [0.5, 0.6) is 0 Å². The topological polar surface area (TPSA) is 42.2 Å². The average molecular weight is 255 g/mol. The van der Waals surface area contributed by atoms with E-state index < -0.39 is 0 Å². The number of benzene rings is 1. The van der Waals surface area contributed by atoms with E-state index in [2.05, 4.69) is 47.1 Å². The highest BCUT2D eigenvalue weighted by atomic mass is 15.1. The zero-order chi connectivity index (χ0) is 13.5. The number of hydrogen-bond acceptors (Lipinski definition) is 3. The molecule has 0 amide bonds. The van der Waals surface area contributed by atoms with Gasteiger partial charge in [-0.1, -0.05) is 31.2 Å². The molecule has 0 unspecified atom stereocenters. The molecule has 2 rings (SSSR count). The normalized spacial score (nSPS) is 10.9. The Morgan fingerprint density at radius 3 is 2.32 bits per heavy atom. The molecule has 1 aromatic carbocycles. The first-order valence-electron chi connectivity index (χ1n) is 6.71. The number of pyridine rings is 1. The molecule has 0 aliphatic carbocycles. The monoisotopic (exact) mass is 255 g/mol. The SMILES string of the molecule is CCN(Cc1ccncc1)Cc1ccccc1CN. The van der Waals surface area contributed by atoms with E-state index in [9.17, 15) is 0 Å². The molecule has 0 radical (unpaired) electrons. The van der Waals surface area contributed by atoms with Crippen molar-refractivity contribution in [2.45, 2.75) is 26.6 Å². The molecule has 0 aliphatic rings. The minimum absolute atomic E-state index is 0.600. The van der Waals surface area contributed by atoms with Gasteiger partial charge >= 0.3 is 0 Å². The zero-order valence-electron chi connectivity index (χ0n) is 11.4. The fourth-order valence-corrected chi connectivity index (χ4v) is 2.18. The third kappa shape index (κ3) is 3.88. The third-order valence-electron chi connectivity index (χ3n) is 3.34. The number of nitrogens with zero attached hydrogens (tertiary/aromatic N) is 2. The summed E-state index contributed by atoms with van der Waals surface area (Å²) in [5.74, 6) is 0. The molecule has 1 aromatic heterocycles. The van der Waals surface area contributed by atoms with Crippen molar-refractivity contribution >= 4 is 0 Å². The summed E-state index contributed by atoms with van der Waals surface area (Å²) in [6.07, 6.45) is 3.69. The molecular weight excluding hydrogens is 234 g/mol. The second kappa shape index (κ2) is 7.02. The minimum atomic E-state index is 0.600. The molecule has 2 aromatic rings. The molecule has 19 heavy (non-hydrogen) atoms. The highest BCUT2D eigenvalue weighted by Crippen LogP contribution is 2.13. The Hall–Kier alpha value is -1.71. The molecule has 3 heteroatoms. The molecule has 0 spiro atoms. The van der Waals surface area contributed by atoms with Crippen LogP contribution < -0.4 is 5.73 Å². The first kappa shape index (κ1) is 13.7. The number of rotatable bonds is 6. The van der Waals surface area contributed by atoms with Gasteiger partial charge in [-0.25, -0.2) is 0 Å². The molecule has 0 saturated heterocycles. The maximum absolute atomic E-state index is 5.79. The lowest BCUT2D eigenvalue weighted by atomic mass is 10.1. The summed E-state index contributed by atoms with van der Waals surface area (Å²) in [6.45, 7) is 5.68. The summed E-state index contributed by atoms with van der Waals surface area (Å²) in [5, 5.41) is 0.